The van der Waals surface area contributed by atoms with Gasteiger partial charge >= 0.3 is 5.51 Å². The van der Waals surface area contributed by atoms with Gasteiger partial charge in [-0.15, -0.1) is 0 Å². The van der Waals surface area contributed by atoms with Crippen LogP contribution < -0.4 is 0 Å². The minimum Gasteiger partial charge on any atom is -0.279 e. The van der Waals surface area contributed by atoms with E-state index in [2.05, 4.69) is 0 Å². The van der Waals surface area contributed by atoms with Crippen molar-refractivity contribution < 1.29 is 22.4 Å². The maximum atomic E-state index is 13.9. The highest BCUT2D eigenvalue weighted by Crippen LogP contribution is 2.48. The number of fused-ring (bicyclic) bond motifs is 5. The Labute approximate surface area is 163 Å². The molecule has 1 aliphatic heterocycles. The third kappa shape index (κ3) is 2.75. The molecule has 0 saturated heterocycles. The molecule has 4 rings (SSSR count). The predicted molar refractivity (Wildman–Crippen MR) is 103 cm³/mol. The molecule has 2 heterocycles. The Morgan fingerprint density at radius 2 is 1.86 bits per heavy atom. The number of aryl methyl sites for hydroxylation is 1. The second-order valence-electron chi connectivity index (χ2n) is 7.09. The van der Waals surface area contributed by atoms with E-state index in [1.165, 1.54) is 22.8 Å². The topological polar surface area (TPSA) is 22.0 Å². The number of carbonyl (C=O) groups is 1. The first-order valence-corrected chi connectivity index (χ1v) is 9.84. The van der Waals surface area contributed by atoms with Crippen molar-refractivity contribution in [2.45, 2.75) is 31.2 Å². The second kappa shape index (κ2) is 6.37. The molecule has 2 aromatic carbocycles. The number of hydrogen-bond acceptors (Lipinski definition) is 2. The molecular formula is C21H17F4NOS. The number of alkyl halides is 3. The van der Waals surface area contributed by atoms with Crippen LogP contribution in [0.1, 0.15) is 29.8 Å². The minimum absolute atomic E-state index is 0.193. The van der Waals surface area contributed by atoms with Crippen LogP contribution in [0.15, 0.2) is 42.5 Å². The van der Waals surface area contributed by atoms with Gasteiger partial charge in [-0.1, -0.05) is 31.2 Å². The van der Waals surface area contributed by atoms with Gasteiger partial charge in [0.2, 0.25) is 5.91 Å². The standard InChI is InChI=1S/C21H17F4NOS/c1-3-13-15-10-12(22)8-9-17(15)26-18(13)14-6-4-5-7-16(14)20(2,19(26)27)11-28-21(23,24)25/h4-10H,3,11H2,1-2H3/t20-/m0/s1. The van der Waals surface area contributed by atoms with Crippen LogP contribution in [0.4, 0.5) is 17.6 Å². The lowest BCUT2D eigenvalue weighted by Gasteiger charge is -2.36. The van der Waals surface area contributed by atoms with E-state index in [-0.39, 0.29) is 11.8 Å². The monoisotopic (exact) mass is 407 g/mol. The molecule has 0 unspecified atom stereocenters. The Morgan fingerprint density at radius 3 is 2.54 bits per heavy atom. The van der Waals surface area contributed by atoms with E-state index in [0.717, 1.165) is 11.1 Å². The van der Waals surface area contributed by atoms with E-state index in [1.807, 2.05) is 13.0 Å². The van der Waals surface area contributed by atoms with Crippen molar-refractivity contribution in [3.05, 3.63) is 59.4 Å². The zero-order chi connectivity index (χ0) is 20.3. The van der Waals surface area contributed by atoms with E-state index >= 15 is 0 Å². The number of carbonyl (C=O) groups excluding carboxylic acids is 1. The molecule has 2 nitrogen and oxygen atoms in total. The number of halogens is 4. The van der Waals surface area contributed by atoms with Gasteiger partial charge in [-0.25, -0.2) is 4.39 Å². The van der Waals surface area contributed by atoms with Gasteiger partial charge in [0.05, 0.1) is 16.6 Å². The number of aromatic nitrogens is 1. The number of rotatable bonds is 3. The van der Waals surface area contributed by atoms with Crippen molar-refractivity contribution in [1.29, 1.82) is 0 Å². The summed E-state index contributed by atoms with van der Waals surface area (Å²) in [5, 5.41) is 0.619. The average Bonchev–Trinajstić information content (AvgIpc) is 2.97. The molecule has 0 amide bonds. The summed E-state index contributed by atoms with van der Waals surface area (Å²) in [5.41, 5.74) is -2.50. The summed E-state index contributed by atoms with van der Waals surface area (Å²) in [6, 6.07) is 11.2. The Kier molecular flexibility index (Phi) is 4.34. The SMILES string of the molecule is CCc1c2n(c3ccc(F)cc13)C(=O)[C@@](C)(CSC(F)(F)F)c1ccccc1-2. The number of hydrogen-bond donors (Lipinski definition) is 0. The number of thioether (sulfide) groups is 1. The molecule has 0 N–H and O–H groups in total. The largest absolute Gasteiger partial charge is 0.441 e. The lowest BCUT2D eigenvalue weighted by molar-refractivity contribution is -0.0329. The van der Waals surface area contributed by atoms with Crippen LogP contribution in [0.25, 0.3) is 22.2 Å². The molecule has 0 bridgehead atoms. The first kappa shape index (κ1) is 19.1. The molecule has 1 atom stereocenters. The van der Waals surface area contributed by atoms with Crippen molar-refractivity contribution in [3.8, 4) is 11.3 Å². The molecule has 0 spiro atoms. The molecule has 0 saturated carbocycles. The van der Waals surface area contributed by atoms with Gasteiger partial charge in [-0.3, -0.25) is 9.36 Å². The molecule has 28 heavy (non-hydrogen) atoms. The fourth-order valence-corrected chi connectivity index (χ4v) is 4.81. The molecular weight excluding hydrogens is 390 g/mol. The third-order valence-corrected chi connectivity index (χ3v) is 6.41. The highest BCUT2D eigenvalue weighted by atomic mass is 32.2. The molecule has 3 aromatic rings. The van der Waals surface area contributed by atoms with E-state index in [4.69, 9.17) is 0 Å². The highest BCUT2D eigenvalue weighted by Gasteiger charge is 2.46. The molecule has 0 fully saturated rings. The van der Waals surface area contributed by atoms with Gasteiger partial charge in [0.15, 0.2) is 0 Å². The quantitative estimate of drug-likeness (QED) is 0.484. The fraction of sp³-hybridized carbons (Fsp3) is 0.286. The van der Waals surface area contributed by atoms with Crippen molar-refractivity contribution in [3.63, 3.8) is 0 Å². The number of benzene rings is 2. The van der Waals surface area contributed by atoms with Gasteiger partial charge in [0.1, 0.15) is 5.82 Å². The average molecular weight is 407 g/mol. The van der Waals surface area contributed by atoms with Crippen LogP contribution in [0, 0.1) is 5.82 Å². The first-order valence-electron chi connectivity index (χ1n) is 8.85. The fourth-order valence-electron chi connectivity index (χ4n) is 4.08. The lowest BCUT2D eigenvalue weighted by atomic mass is 9.77. The van der Waals surface area contributed by atoms with Crippen LogP contribution in [0.3, 0.4) is 0 Å². The van der Waals surface area contributed by atoms with E-state index in [1.54, 1.807) is 25.1 Å². The van der Waals surface area contributed by atoms with Gasteiger partial charge in [-0.05, 0) is 54.4 Å². The molecule has 0 aliphatic carbocycles. The number of nitrogens with zero attached hydrogens (tertiary/aromatic N) is 1. The van der Waals surface area contributed by atoms with Crippen LogP contribution in [-0.2, 0) is 11.8 Å². The van der Waals surface area contributed by atoms with Crippen molar-refractivity contribution >= 4 is 28.6 Å². The van der Waals surface area contributed by atoms with Crippen LogP contribution in [-0.4, -0.2) is 21.7 Å². The maximum Gasteiger partial charge on any atom is 0.441 e. The second-order valence-corrected chi connectivity index (χ2v) is 8.14. The van der Waals surface area contributed by atoms with Crippen molar-refractivity contribution in [2.24, 2.45) is 0 Å². The van der Waals surface area contributed by atoms with Crippen LogP contribution in [0.5, 0.6) is 0 Å². The maximum absolute atomic E-state index is 13.9. The summed E-state index contributed by atoms with van der Waals surface area (Å²) < 4.78 is 54.2. The predicted octanol–water partition coefficient (Wildman–Crippen LogP) is 6.17. The summed E-state index contributed by atoms with van der Waals surface area (Å²) in [6.07, 6.45) is 0.567. The molecule has 1 aromatic heterocycles. The Balaban J connectivity index is 2.03. The van der Waals surface area contributed by atoms with Crippen LogP contribution in [0.2, 0.25) is 0 Å². The molecule has 1 aliphatic rings. The molecule has 0 radical (unpaired) electrons. The van der Waals surface area contributed by atoms with Crippen LogP contribution >= 0.6 is 11.8 Å². The Bertz CT molecular complexity index is 1100. The van der Waals surface area contributed by atoms with Gasteiger partial charge in [-0.2, -0.15) is 13.2 Å². The zero-order valence-corrected chi connectivity index (χ0v) is 16.0. The van der Waals surface area contributed by atoms with E-state index < -0.39 is 28.4 Å². The Morgan fingerprint density at radius 1 is 1.14 bits per heavy atom. The smallest absolute Gasteiger partial charge is 0.279 e. The lowest BCUT2D eigenvalue weighted by Crippen LogP contribution is -2.43. The normalized spacial score (nSPS) is 19.0. The summed E-state index contributed by atoms with van der Waals surface area (Å²) in [5.74, 6) is -1.26. The van der Waals surface area contributed by atoms with Gasteiger partial charge in [0, 0.05) is 16.7 Å². The van der Waals surface area contributed by atoms with Crippen molar-refractivity contribution in [2.75, 3.05) is 5.75 Å². The summed E-state index contributed by atoms with van der Waals surface area (Å²) in [4.78, 5) is 13.5. The summed E-state index contributed by atoms with van der Waals surface area (Å²) in [7, 11) is 0. The van der Waals surface area contributed by atoms with Crippen molar-refractivity contribution in [1.82, 2.24) is 4.57 Å². The Hall–Kier alpha value is -2.28. The highest BCUT2D eigenvalue weighted by molar-refractivity contribution is 8.00. The summed E-state index contributed by atoms with van der Waals surface area (Å²) >= 11 is -0.193. The van der Waals surface area contributed by atoms with E-state index in [9.17, 15) is 22.4 Å². The molecule has 7 heteroatoms. The molecule has 146 valence electrons. The van der Waals surface area contributed by atoms with E-state index in [0.29, 0.717) is 28.6 Å². The summed E-state index contributed by atoms with van der Waals surface area (Å²) in [6.45, 7) is 3.47. The minimum atomic E-state index is -4.44. The third-order valence-electron chi connectivity index (χ3n) is 5.36. The first-order chi connectivity index (χ1) is 13.2. The van der Waals surface area contributed by atoms with Gasteiger partial charge < -0.3 is 0 Å². The zero-order valence-electron chi connectivity index (χ0n) is 15.2. The van der Waals surface area contributed by atoms with Gasteiger partial charge in [0.25, 0.3) is 0 Å².